The molecule has 0 aromatic heterocycles. The molecule has 0 atom stereocenters. The maximum Gasteiger partial charge on any atom is 0.262 e. The van der Waals surface area contributed by atoms with Gasteiger partial charge in [-0.05, 0) is 49.8 Å². The highest BCUT2D eigenvalue weighted by Gasteiger charge is 1.99. The van der Waals surface area contributed by atoms with Crippen LogP contribution in [-0.2, 0) is 4.79 Å². The lowest BCUT2D eigenvalue weighted by Gasteiger charge is -2.12. The fourth-order valence-electron chi connectivity index (χ4n) is 1.20. The van der Waals surface area contributed by atoms with Gasteiger partial charge in [-0.25, -0.2) is 4.39 Å². The smallest absolute Gasteiger partial charge is 0.262 e. The van der Waals surface area contributed by atoms with E-state index in [1.54, 1.807) is 18.2 Å². The Morgan fingerprint density at radius 2 is 1.89 bits per heavy atom. The van der Waals surface area contributed by atoms with E-state index in [-0.39, 0.29) is 17.8 Å². The second-order valence-corrected chi connectivity index (χ2v) is 4.54. The molecular weight excluding hydrogens is 265 g/mol. The van der Waals surface area contributed by atoms with Crippen LogP contribution in [0.3, 0.4) is 0 Å². The van der Waals surface area contributed by atoms with Gasteiger partial charge in [0.2, 0.25) is 0 Å². The summed E-state index contributed by atoms with van der Waals surface area (Å²) in [5.41, 5.74) is 5.72. The Balaban J connectivity index is 2.39. The Bertz CT molecular complexity index is 471. The van der Waals surface area contributed by atoms with E-state index in [4.69, 9.17) is 12.2 Å². The van der Waals surface area contributed by atoms with E-state index in [0.717, 1.165) is 5.56 Å². The summed E-state index contributed by atoms with van der Waals surface area (Å²) in [5, 5.41) is 3.26. The Morgan fingerprint density at radius 1 is 1.26 bits per heavy atom. The van der Waals surface area contributed by atoms with Crippen molar-refractivity contribution in [2.24, 2.45) is 0 Å². The van der Waals surface area contributed by atoms with Gasteiger partial charge in [-0.15, -0.1) is 0 Å². The van der Waals surface area contributed by atoms with Gasteiger partial charge in [-0.1, -0.05) is 12.1 Å². The molecule has 0 fully saturated rings. The number of benzene rings is 1. The quantitative estimate of drug-likeness (QED) is 0.449. The number of hydrazine groups is 1. The normalized spacial score (nSPS) is 10.5. The average molecular weight is 281 g/mol. The molecule has 1 aromatic rings. The van der Waals surface area contributed by atoms with Crippen molar-refractivity contribution in [2.45, 2.75) is 19.9 Å². The summed E-state index contributed by atoms with van der Waals surface area (Å²) in [6, 6.07) is 6.01. The van der Waals surface area contributed by atoms with Crippen LogP contribution >= 0.6 is 12.2 Å². The Labute approximate surface area is 117 Å². The van der Waals surface area contributed by atoms with Gasteiger partial charge < -0.3 is 5.32 Å². The molecule has 6 heteroatoms. The van der Waals surface area contributed by atoms with Crippen LogP contribution in [0.2, 0.25) is 0 Å². The molecule has 0 aliphatic rings. The van der Waals surface area contributed by atoms with E-state index in [2.05, 4.69) is 16.2 Å². The van der Waals surface area contributed by atoms with Crippen molar-refractivity contribution in [1.29, 1.82) is 0 Å². The van der Waals surface area contributed by atoms with E-state index < -0.39 is 0 Å². The zero-order valence-electron chi connectivity index (χ0n) is 10.7. The van der Waals surface area contributed by atoms with Crippen molar-refractivity contribution < 1.29 is 9.18 Å². The predicted octanol–water partition coefficient (Wildman–Crippen LogP) is 1.74. The first-order chi connectivity index (χ1) is 8.97. The first-order valence-corrected chi connectivity index (χ1v) is 6.18. The molecule has 0 heterocycles. The highest BCUT2D eigenvalue weighted by atomic mass is 32.1. The van der Waals surface area contributed by atoms with E-state index in [1.165, 1.54) is 18.2 Å². The lowest BCUT2D eigenvalue weighted by molar-refractivity contribution is -0.116. The van der Waals surface area contributed by atoms with Crippen LogP contribution in [0.5, 0.6) is 0 Å². The Morgan fingerprint density at radius 3 is 2.47 bits per heavy atom. The van der Waals surface area contributed by atoms with Crippen LogP contribution < -0.4 is 16.2 Å². The van der Waals surface area contributed by atoms with Crippen molar-refractivity contribution >= 4 is 29.3 Å². The highest BCUT2D eigenvalue weighted by Crippen LogP contribution is 2.04. The fraction of sp³-hybridized carbons (Fsp3) is 0.231. The molecule has 1 aromatic carbocycles. The van der Waals surface area contributed by atoms with Gasteiger partial charge in [0.25, 0.3) is 5.91 Å². The number of rotatable bonds is 3. The molecule has 19 heavy (non-hydrogen) atoms. The third kappa shape index (κ3) is 6.52. The summed E-state index contributed by atoms with van der Waals surface area (Å²) >= 11 is 4.94. The van der Waals surface area contributed by atoms with Gasteiger partial charge in [-0.2, -0.15) is 0 Å². The van der Waals surface area contributed by atoms with Gasteiger partial charge in [-0.3, -0.25) is 15.6 Å². The van der Waals surface area contributed by atoms with E-state index in [1.807, 2.05) is 13.8 Å². The predicted molar refractivity (Wildman–Crippen MR) is 77.6 cm³/mol. The van der Waals surface area contributed by atoms with Gasteiger partial charge in [0, 0.05) is 12.1 Å². The standard InChI is InChI=1S/C13H16FN3OS/c1-9(2)15-13(19)17-16-12(18)8-5-10-3-6-11(14)7-4-10/h3-9H,1-2H3,(H,16,18)(H2,15,17,19)/b8-5+. The molecule has 1 amide bonds. The molecule has 0 saturated heterocycles. The second-order valence-electron chi connectivity index (χ2n) is 4.13. The monoisotopic (exact) mass is 281 g/mol. The number of hydrogen-bond donors (Lipinski definition) is 3. The minimum atomic E-state index is -0.350. The number of amides is 1. The summed E-state index contributed by atoms with van der Waals surface area (Å²) in [6.45, 7) is 3.87. The third-order valence-electron chi connectivity index (χ3n) is 2.02. The van der Waals surface area contributed by atoms with Gasteiger partial charge >= 0.3 is 0 Å². The second kappa shape index (κ2) is 7.48. The molecule has 3 N–H and O–H groups in total. The summed E-state index contributed by atoms with van der Waals surface area (Å²) in [7, 11) is 0. The molecule has 0 aliphatic heterocycles. The minimum absolute atomic E-state index is 0.187. The zero-order valence-corrected chi connectivity index (χ0v) is 11.6. The third-order valence-corrected chi connectivity index (χ3v) is 2.24. The number of thiocarbonyl (C=S) groups is 1. The number of halogens is 1. The molecule has 0 unspecified atom stereocenters. The summed E-state index contributed by atoms with van der Waals surface area (Å²) in [5.74, 6) is -0.661. The van der Waals surface area contributed by atoms with Gasteiger partial charge in [0.05, 0.1) is 0 Å². The maximum absolute atomic E-state index is 12.7. The fourth-order valence-corrected chi connectivity index (χ4v) is 1.49. The van der Waals surface area contributed by atoms with Crippen molar-refractivity contribution in [1.82, 2.24) is 16.2 Å². The lowest BCUT2D eigenvalue weighted by atomic mass is 10.2. The topological polar surface area (TPSA) is 53.2 Å². The maximum atomic E-state index is 12.7. The van der Waals surface area contributed by atoms with Crippen LogP contribution in [0.1, 0.15) is 19.4 Å². The number of carbonyl (C=O) groups excluding carboxylic acids is 1. The van der Waals surface area contributed by atoms with Crippen LogP contribution in [0.25, 0.3) is 6.08 Å². The van der Waals surface area contributed by atoms with Gasteiger partial charge in [0.15, 0.2) is 5.11 Å². The van der Waals surface area contributed by atoms with Gasteiger partial charge in [0.1, 0.15) is 5.82 Å². The van der Waals surface area contributed by atoms with Crippen LogP contribution in [-0.4, -0.2) is 17.1 Å². The molecule has 0 aliphatic carbocycles. The Kier molecular flexibility index (Phi) is 5.95. The molecule has 0 saturated carbocycles. The molecule has 1 rings (SSSR count). The molecule has 0 radical (unpaired) electrons. The molecule has 4 nitrogen and oxygen atoms in total. The number of nitrogens with one attached hydrogen (secondary N) is 3. The average Bonchev–Trinajstić information content (AvgIpc) is 2.35. The lowest BCUT2D eigenvalue weighted by Crippen LogP contribution is -2.48. The van der Waals surface area contributed by atoms with Crippen molar-refractivity contribution in [3.05, 3.63) is 41.7 Å². The molecule has 0 bridgehead atoms. The van der Waals surface area contributed by atoms with Crippen LogP contribution in [0.4, 0.5) is 4.39 Å². The highest BCUT2D eigenvalue weighted by molar-refractivity contribution is 7.80. The summed E-state index contributed by atoms with van der Waals surface area (Å²) in [4.78, 5) is 11.5. The Hall–Kier alpha value is -1.95. The van der Waals surface area contributed by atoms with Crippen LogP contribution in [0, 0.1) is 5.82 Å². The molecule has 102 valence electrons. The summed E-state index contributed by atoms with van der Waals surface area (Å²) < 4.78 is 12.7. The van der Waals surface area contributed by atoms with E-state index >= 15 is 0 Å². The largest absolute Gasteiger partial charge is 0.359 e. The van der Waals surface area contributed by atoms with E-state index in [9.17, 15) is 9.18 Å². The SMILES string of the molecule is CC(C)NC(=S)NNC(=O)/C=C/c1ccc(F)cc1. The first kappa shape index (κ1) is 15.1. The van der Waals surface area contributed by atoms with Crippen LogP contribution in [0.15, 0.2) is 30.3 Å². The first-order valence-electron chi connectivity index (χ1n) is 5.77. The molecular formula is C13H16FN3OS. The van der Waals surface area contributed by atoms with E-state index in [0.29, 0.717) is 5.11 Å². The number of hydrogen-bond acceptors (Lipinski definition) is 2. The van der Waals surface area contributed by atoms with Crippen molar-refractivity contribution in [2.75, 3.05) is 0 Å². The van der Waals surface area contributed by atoms with Crippen molar-refractivity contribution in [3.8, 4) is 0 Å². The minimum Gasteiger partial charge on any atom is -0.359 e. The molecule has 0 spiro atoms. The zero-order chi connectivity index (χ0) is 14.3. The summed E-state index contributed by atoms with van der Waals surface area (Å²) in [6.07, 6.45) is 2.91. The number of carbonyl (C=O) groups is 1. The van der Waals surface area contributed by atoms with Crippen molar-refractivity contribution in [3.63, 3.8) is 0 Å².